The number of rotatable bonds is 9. The van der Waals surface area contributed by atoms with E-state index in [1.807, 2.05) is 12.1 Å². The van der Waals surface area contributed by atoms with Crippen molar-refractivity contribution in [2.45, 2.75) is 39.0 Å². The Bertz CT molecular complexity index is 518. The molecule has 0 aliphatic carbocycles. The van der Waals surface area contributed by atoms with E-state index in [2.05, 4.69) is 34.3 Å². The van der Waals surface area contributed by atoms with Gasteiger partial charge in [-0.2, -0.15) is 0 Å². The molecule has 1 atom stereocenters. The Hall–Kier alpha value is -1.91. The summed E-state index contributed by atoms with van der Waals surface area (Å²) in [6.07, 6.45) is 6.11. The van der Waals surface area contributed by atoms with Crippen LogP contribution in [0.25, 0.3) is 0 Å². The minimum absolute atomic E-state index is 0.551. The first-order chi connectivity index (χ1) is 11.7. The molecular formula is C19H32N4O. The summed E-state index contributed by atoms with van der Waals surface area (Å²) >= 11 is 0. The van der Waals surface area contributed by atoms with Crippen molar-refractivity contribution >= 4 is 11.6 Å². The molecule has 24 heavy (non-hydrogen) atoms. The number of anilines is 1. The Morgan fingerprint density at radius 2 is 2.17 bits per heavy atom. The third-order valence-corrected chi connectivity index (χ3v) is 4.57. The molecule has 1 heterocycles. The Morgan fingerprint density at radius 1 is 1.33 bits per heavy atom. The number of hydrogen-bond acceptors (Lipinski definition) is 3. The van der Waals surface area contributed by atoms with Crippen molar-refractivity contribution in [2.24, 2.45) is 16.6 Å². The van der Waals surface area contributed by atoms with E-state index >= 15 is 0 Å². The molecule has 1 aliphatic rings. The van der Waals surface area contributed by atoms with Gasteiger partial charge in [0.05, 0.1) is 12.8 Å². The first-order valence-corrected chi connectivity index (χ1v) is 9.16. The van der Waals surface area contributed by atoms with Gasteiger partial charge in [0.2, 0.25) is 0 Å². The van der Waals surface area contributed by atoms with Gasteiger partial charge in [-0.3, -0.25) is 4.99 Å². The molecule has 0 spiro atoms. The average Bonchev–Trinajstić information content (AvgIpc) is 3.08. The van der Waals surface area contributed by atoms with Crippen LogP contribution in [-0.4, -0.2) is 39.2 Å². The highest BCUT2D eigenvalue weighted by Gasteiger charge is 2.24. The largest absolute Gasteiger partial charge is 0.495 e. The van der Waals surface area contributed by atoms with Gasteiger partial charge in [0.15, 0.2) is 5.96 Å². The quantitative estimate of drug-likeness (QED) is 0.414. The van der Waals surface area contributed by atoms with Gasteiger partial charge >= 0.3 is 0 Å². The lowest BCUT2D eigenvalue weighted by Crippen LogP contribution is -2.33. The smallest absolute Gasteiger partial charge is 0.188 e. The Morgan fingerprint density at radius 3 is 2.96 bits per heavy atom. The molecule has 0 bridgehead atoms. The van der Waals surface area contributed by atoms with Crippen molar-refractivity contribution in [1.29, 1.82) is 0 Å². The molecule has 5 heteroatoms. The van der Waals surface area contributed by atoms with Crippen LogP contribution in [0.1, 0.15) is 39.0 Å². The minimum Gasteiger partial charge on any atom is -0.495 e. The van der Waals surface area contributed by atoms with E-state index in [0.29, 0.717) is 11.9 Å². The van der Waals surface area contributed by atoms with E-state index in [0.717, 1.165) is 44.8 Å². The van der Waals surface area contributed by atoms with Gasteiger partial charge in [-0.25, -0.2) is 0 Å². The van der Waals surface area contributed by atoms with Crippen molar-refractivity contribution in [1.82, 2.24) is 5.32 Å². The second kappa shape index (κ2) is 10.1. The number of para-hydroxylation sites is 2. The summed E-state index contributed by atoms with van der Waals surface area (Å²) in [5.41, 5.74) is 7.14. The molecule has 134 valence electrons. The van der Waals surface area contributed by atoms with Crippen LogP contribution in [0.4, 0.5) is 5.69 Å². The molecule has 1 unspecified atom stereocenters. The van der Waals surface area contributed by atoms with Gasteiger partial charge in [0, 0.05) is 26.2 Å². The number of nitrogens with two attached hydrogens (primary N) is 1. The molecule has 2 rings (SSSR count). The highest BCUT2D eigenvalue weighted by Crippen LogP contribution is 2.31. The van der Waals surface area contributed by atoms with Gasteiger partial charge in [0.1, 0.15) is 5.75 Å². The number of benzene rings is 1. The first kappa shape index (κ1) is 18.4. The van der Waals surface area contributed by atoms with Crippen LogP contribution in [0.15, 0.2) is 29.3 Å². The maximum Gasteiger partial charge on any atom is 0.188 e. The van der Waals surface area contributed by atoms with E-state index < -0.39 is 0 Å². The number of nitrogens with one attached hydrogen (secondary N) is 1. The number of hydrogen-bond donors (Lipinski definition) is 2. The lowest BCUT2D eigenvalue weighted by atomic mass is 10.1. The summed E-state index contributed by atoms with van der Waals surface area (Å²) in [6.45, 7) is 5.99. The maximum absolute atomic E-state index is 5.96. The SMILES string of the molecule is CCCCCCNC(N)=NCC1CCN(c2ccccc2OC)C1. The predicted molar refractivity (Wildman–Crippen MR) is 102 cm³/mol. The van der Waals surface area contributed by atoms with E-state index in [4.69, 9.17) is 10.5 Å². The molecule has 5 nitrogen and oxygen atoms in total. The number of aliphatic imine (C=N–C) groups is 1. The van der Waals surface area contributed by atoms with Crippen molar-refractivity contribution < 1.29 is 4.74 Å². The summed E-state index contributed by atoms with van der Waals surface area (Å²) in [6, 6.07) is 8.20. The summed E-state index contributed by atoms with van der Waals surface area (Å²) < 4.78 is 5.46. The van der Waals surface area contributed by atoms with Crippen LogP contribution in [0.2, 0.25) is 0 Å². The summed E-state index contributed by atoms with van der Waals surface area (Å²) in [5.74, 6) is 2.08. The minimum atomic E-state index is 0.551. The summed E-state index contributed by atoms with van der Waals surface area (Å²) in [4.78, 5) is 6.90. The van der Waals surface area contributed by atoms with Gasteiger partial charge in [-0.1, -0.05) is 38.3 Å². The number of nitrogens with zero attached hydrogens (tertiary/aromatic N) is 2. The predicted octanol–water partition coefficient (Wildman–Crippen LogP) is 3.01. The average molecular weight is 332 g/mol. The van der Waals surface area contributed by atoms with Crippen molar-refractivity contribution in [2.75, 3.05) is 38.2 Å². The Kier molecular flexibility index (Phi) is 7.72. The zero-order valence-electron chi connectivity index (χ0n) is 15.1. The highest BCUT2D eigenvalue weighted by atomic mass is 16.5. The molecule has 1 aliphatic heterocycles. The topological polar surface area (TPSA) is 62.9 Å². The highest BCUT2D eigenvalue weighted by molar-refractivity contribution is 5.77. The van der Waals surface area contributed by atoms with Crippen LogP contribution >= 0.6 is 0 Å². The number of ether oxygens (including phenoxy) is 1. The number of methoxy groups -OCH3 is 1. The second-order valence-electron chi connectivity index (χ2n) is 6.49. The lowest BCUT2D eigenvalue weighted by Gasteiger charge is -2.21. The van der Waals surface area contributed by atoms with E-state index in [9.17, 15) is 0 Å². The Balaban J connectivity index is 1.74. The third kappa shape index (κ3) is 5.62. The van der Waals surface area contributed by atoms with Crippen LogP contribution < -0.4 is 20.7 Å². The normalized spacial score (nSPS) is 18.0. The van der Waals surface area contributed by atoms with Crippen LogP contribution in [0.5, 0.6) is 5.75 Å². The van der Waals surface area contributed by atoms with Gasteiger partial charge < -0.3 is 20.7 Å². The summed E-state index contributed by atoms with van der Waals surface area (Å²) in [7, 11) is 1.73. The fraction of sp³-hybridized carbons (Fsp3) is 0.632. The van der Waals surface area contributed by atoms with Crippen molar-refractivity contribution in [3.8, 4) is 5.75 Å². The summed E-state index contributed by atoms with van der Waals surface area (Å²) in [5, 5.41) is 3.22. The van der Waals surface area contributed by atoms with Gasteiger partial charge in [0.25, 0.3) is 0 Å². The van der Waals surface area contributed by atoms with Crippen LogP contribution in [0.3, 0.4) is 0 Å². The molecule has 1 aromatic rings. The van der Waals surface area contributed by atoms with E-state index in [1.54, 1.807) is 7.11 Å². The molecule has 1 saturated heterocycles. The Labute approximate surface area is 146 Å². The fourth-order valence-electron chi connectivity index (χ4n) is 3.14. The molecule has 0 aromatic heterocycles. The molecule has 1 aromatic carbocycles. The van der Waals surface area contributed by atoms with Crippen LogP contribution in [-0.2, 0) is 0 Å². The molecule has 3 N–H and O–H groups in total. The molecular weight excluding hydrogens is 300 g/mol. The van der Waals surface area contributed by atoms with Gasteiger partial charge in [-0.15, -0.1) is 0 Å². The number of unbranched alkanes of at least 4 members (excludes halogenated alkanes) is 3. The molecule has 1 fully saturated rings. The molecule has 0 amide bonds. The van der Waals surface area contributed by atoms with Crippen LogP contribution in [0, 0.1) is 5.92 Å². The van der Waals surface area contributed by atoms with E-state index in [-0.39, 0.29) is 0 Å². The maximum atomic E-state index is 5.96. The van der Waals surface area contributed by atoms with Crippen molar-refractivity contribution in [3.05, 3.63) is 24.3 Å². The third-order valence-electron chi connectivity index (χ3n) is 4.57. The van der Waals surface area contributed by atoms with E-state index in [1.165, 1.54) is 24.9 Å². The monoisotopic (exact) mass is 332 g/mol. The number of guanidine groups is 1. The van der Waals surface area contributed by atoms with Crippen molar-refractivity contribution in [3.63, 3.8) is 0 Å². The second-order valence-corrected chi connectivity index (χ2v) is 6.49. The first-order valence-electron chi connectivity index (χ1n) is 9.16. The fourth-order valence-corrected chi connectivity index (χ4v) is 3.14. The molecule has 0 radical (unpaired) electrons. The zero-order chi connectivity index (χ0) is 17.2. The molecule has 0 saturated carbocycles. The zero-order valence-corrected chi connectivity index (χ0v) is 15.1. The lowest BCUT2D eigenvalue weighted by molar-refractivity contribution is 0.414. The standard InChI is InChI=1S/C19H32N4O/c1-3-4-5-8-12-21-19(20)22-14-16-11-13-23(15-16)17-9-6-7-10-18(17)24-2/h6-7,9-10,16H,3-5,8,11-15H2,1-2H3,(H3,20,21,22). The van der Waals surface area contributed by atoms with Gasteiger partial charge in [-0.05, 0) is 30.9 Å².